The summed E-state index contributed by atoms with van der Waals surface area (Å²) >= 11 is 2.06. The fourth-order valence-electron chi connectivity index (χ4n) is 2.98. The molecule has 0 heterocycles. The highest BCUT2D eigenvalue weighted by Gasteiger charge is 2.13. The first kappa shape index (κ1) is 26.7. The van der Waals surface area contributed by atoms with Gasteiger partial charge in [0.1, 0.15) is 5.75 Å². The lowest BCUT2D eigenvalue weighted by atomic mass is 10.2. The normalized spacial score (nSPS) is 10.5. The highest BCUT2D eigenvalue weighted by atomic mass is 127. The highest BCUT2D eigenvalue weighted by molar-refractivity contribution is 14.1. The lowest BCUT2D eigenvalue weighted by molar-refractivity contribution is -0.120. The minimum Gasteiger partial charge on any atom is -0.494 e. The Hall–Kier alpha value is -3.93. The quantitative estimate of drug-likeness (QED) is 0.120. The van der Waals surface area contributed by atoms with Gasteiger partial charge >= 0.3 is 5.97 Å². The molecule has 0 aromatic heterocycles. The Morgan fingerprint density at radius 1 is 1.00 bits per heavy atom. The molecule has 0 saturated heterocycles. The molecular weight excluding hydrogens is 577 g/mol. The maximum absolute atomic E-state index is 12.5. The van der Waals surface area contributed by atoms with Crippen LogP contribution in [-0.4, -0.2) is 44.3 Å². The first-order valence-corrected chi connectivity index (χ1v) is 12.0. The minimum absolute atomic E-state index is 0.231. The molecule has 10 heteroatoms. The molecule has 0 aliphatic carbocycles. The van der Waals surface area contributed by atoms with Crippen molar-refractivity contribution < 1.29 is 28.6 Å². The predicted molar refractivity (Wildman–Crippen MR) is 143 cm³/mol. The number of methoxy groups -OCH3 is 1. The van der Waals surface area contributed by atoms with Gasteiger partial charge in [0.2, 0.25) is 0 Å². The number of hydrogen-bond acceptors (Lipinski definition) is 7. The van der Waals surface area contributed by atoms with E-state index in [1.807, 2.05) is 13.0 Å². The van der Waals surface area contributed by atoms with Gasteiger partial charge in [-0.3, -0.25) is 9.59 Å². The molecule has 0 radical (unpaired) electrons. The zero-order valence-electron chi connectivity index (χ0n) is 19.6. The Morgan fingerprint density at radius 3 is 2.44 bits per heavy atom. The summed E-state index contributed by atoms with van der Waals surface area (Å²) in [5, 5.41) is 6.44. The summed E-state index contributed by atoms with van der Waals surface area (Å²) in [6.07, 6.45) is 1.40. The standard InChI is InChI=1S/C26H24IN3O6/c1-3-35-19-11-9-18(10-12-19)26(33)36-22-13-8-17(14-23(22)34-2)15-29-30-24(31)16-28-25(32)20-6-4-5-7-21(20)27/h4-15H,3,16H2,1-2H3,(H,28,32)(H,30,31). The summed E-state index contributed by atoms with van der Waals surface area (Å²) in [4.78, 5) is 36.7. The van der Waals surface area contributed by atoms with E-state index in [1.165, 1.54) is 13.3 Å². The van der Waals surface area contributed by atoms with Crippen LogP contribution in [0, 0.1) is 3.57 Å². The molecule has 0 fully saturated rings. The van der Waals surface area contributed by atoms with Gasteiger partial charge in [0.25, 0.3) is 11.8 Å². The molecule has 186 valence electrons. The number of hydrazone groups is 1. The monoisotopic (exact) mass is 601 g/mol. The van der Waals surface area contributed by atoms with Crippen LogP contribution < -0.4 is 25.0 Å². The molecule has 0 bridgehead atoms. The first-order valence-electron chi connectivity index (χ1n) is 10.9. The van der Waals surface area contributed by atoms with Crippen LogP contribution in [0.5, 0.6) is 17.2 Å². The second-order valence-corrected chi connectivity index (χ2v) is 8.38. The zero-order valence-corrected chi connectivity index (χ0v) is 21.8. The van der Waals surface area contributed by atoms with Gasteiger partial charge in [-0.15, -0.1) is 0 Å². The molecule has 36 heavy (non-hydrogen) atoms. The molecule has 2 amide bonds. The maximum Gasteiger partial charge on any atom is 0.343 e. The highest BCUT2D eigenvalue weighted by Crippen LogP contribution is 2.28. The number of halogens is 1. The van der Waals surface area contributed by atoms with Crippen molar-refractivity contribution in [1.29, 1.82) is 0 Å². The lowest BCUT2D eigenvalue weighted by Gasteiger charge is -2.10. The molecule has 9 nitrogen and oxygen atoms in total. The smallest absolute Gasteiger partial charge is 0.343 e. The van der Waals surface area contributed by atoms with Crippen molar-refractivity contribution in [2.45, 2.75) is 6.92 Å². The maximum atomic E-state index is 12.5. The van der Waals surface area contributed by atoms with Crippen molar-refractivity contribution in [1.82, 2.24) is 10.7 Å². The van der Waals surface area contributed by atoms with Crippen LogP contribution in [0.1, 0.15) is 33.2 Å². The van der Waals surface area contributed by atoms with E-state index in [4.69, 9.17) is 14.2 Å². The van der Waals surface area contributed by atoms with Gasteiger partial charge in [-0.2, -0.15) is 5.10 Å². The molecule has 0 atom stereocenters. The van der Waals surface area contributed by atoms with Crippen LogP contribution in [0.2, 0.25) is 0 Å². The van der Waals surface area contributed by atoms with E-state index in [9.17, 15) is 14.4 Å². The minimum atomic E-state index is -0.544. The van der Waals surface area contributed by atoms with Gasteiger partial charge in [0, 0.05) is 3.57 Å². The number of hydrogen-bond donors (Lipinski definition) is 2. The van der Waals surface area contributed by atoms with Gasteiger partial charge in [-0.25, -0.2) is 10.2 Å². The van der Waals surface area contributed by atoms with E-state index >= 15 is 0 Å². The number of ether oxygens (including phenoxy) is 3. The molecule has 0 unspecified atom stereocenters. The van der Waals surface area contributed by atoms with E-state index < -0.39 is 11.9 Å². The van der Waals surface area contributed by atoms with Gasteiger partial charge in [0.15, 0.2) is 11.5 Å². The van der Waals surface area contributed by atoms with Crippen LogP contribution in [0.25, 0.3) is 0 Å². The molecule has 3 aromatic carbocycles. The molecule has 3 rings (SSSR count). The first-order chi connectivity index (χ1) is 17.4. The predicted octanol–water partition coefficient (Wildman–Crippen LogP) is 3.80. The molecule has 0 saturated carbocycles. The number of nitrogens with one attached hydrogen (secondary N) is 2. The largest absolute Gasteiger partial charge is 0.494 e. The third-order valence-corrected chi connectivity index (χ3v) is 5.66. The van der Waals surface area contributed by atoms with Crippen molar-refractivity contribution in [3.63, 3.8) is 0 Å². The van der Waals surface area contributed by atoms with Crippen LogP contribution in [0.15, 0.2) is 71.8 Å². The average Bonchev–Trinajstić information content (AvgIpc) is 2.89. The second-order valence-electron chi connectivity index (χ2n) is 7.21. The summed E-state index contributed by atoms with van der Waals surface area (Å²) < 4.78 is 16.9. The molecule has 2 N–H and O–H groups in total. The van der Waals surface area contributed by atoms with Crippen molar-refractivity contribution in [3.8, 4) is 17.2 Å². The number of esters is 1. The number of rotatable bonds is 10. The van der Waals surface area contributed by atoms with Crippen LogP contribution in [-0.2, 0) is 4.79 Å². The topological polar surface area (TPSA) is 115 Å². The summed E-state index contributed by atoms with van der Waals surface area (Å²) in [6.45, 7) is 2.18. The van der Waals surface area contributed by atoms with Gasteiger partial charge < -0.3 is 19.5 Å². The van der Waals surface area contributed by atoms with Gasteiger partial charge in [0.05, 0.1) is 37.6 Å². The van der Waals surface area contributed by atoms with E-state index in [0.717, 1.165) is 3.57 Å². The molecule has 0 spiro atoms. The SMILES string of the molecule is CCOc1ccc(C(=O)Oc2ccc(C=NNC(=O)CNC(=O)c3ccccc3I)cc2OC)cc1. The fraction of sp³-hybridized carbons (Fsp3) is 0.154. The summed E-state index contributed by atoms with van der Waals surface area (Å²) in [5.74, 6) is -0.171. The Bertz CT molecular complexity index is 1260. The molecular formula is C26H24IN3O6. The average molecular weight is 601 g/mol. The van der Waals surface area contributed by atoms with E-state index in [-0.39, 0.29) is 18.2 Å². The number of carbonyl (C=O) groups excluding carboxylic acids is 3. The van der Waals surface area contributed by atoms with Crippen LogP contribution in [0.3, 0.4) is 0 Å². The van der Waals surface area contributed by atoms with Crippen LogP contribution in [0.4, 0.5) is 0 Å². The third kappa shape index (κ3) is 7.54. The van der Waals surface area contributed by atoms with Gasteiger partial charge in [-0.1, -0.05) is 12.1 Å². The van der Waals surface area contributed by atoms with E-state index in [1.54, 1.807) is 60.7 Å². The number of benzene rings is 3. The van der Waals surface area contributed by atoms with Crippen LogP contribution >= 0.6 is 22.6 Å². The molecule has 0 aliphatic rings. The third-order valence-electron chi connectivity index (χ3n) is 4.72. The van der Waals surface area contributed by atoms with Crippen molar-refractivity contribution >= 4 is 46.6 Å². The Kier molecular flexibility index (Phi) is 9.81. The van der Waals surface area contributed by atoms with Crippen molar-refractivity contribution in [3.05, 3.63) is 87.0 Å². The van der Waals surface area contributed by atoms with Gasteiger partial charge in [-0.05, 0) is 89.7 Å². The zero-order chi connectivity index (χ0) is 25.9. The lowest BCUT2D eigenvalue weighted by Crippen LogP contribution is -2.35. The van der Waals surface area contributed by atoms with E-state index in [2.05, 4.69) is 38.4 Å². The Balaban J connectivity index is 1.54. The number of nitrogens with zero attached hydrogens (tertiary/aromatic N) is 1. The van der Waals surface area contributed by atoms with Crippen molar-refractivity contribution in [2.75, 3.05) is 20.3 Å². The Labute approximate surface area is 222 Å². The summed E-state index contributed by atoms with van der Waals surface area (Å²) in [6, 6.07) is 18.5. The number of carbonyl (C=O) groups is 3. The summed E-state index contributed by atoms with van der Waals surface area (Å²) in [5.41, 5.74) is 3.80. The molecule has 3 aromatic rings. The second kappa shape index (κ2) is 13.2. The summed E-state index contributed by atoms with van der Waals surface area (Å²) in [7, 11) is 1.45. The van der Waals surface area contributed by atoms with Crippen molar-refractivity contribution in [2.24, 2.45) is 5.10 Å². The number of amides is 2. The Morgan fingerprint density at radius 2 is 1.75 bits per heavy atom. The fourth-order valence-corrected chi connectivity index (χ4v) is 3.61. The molecule has 0 aliphatic heterocycles. The van der Waals surface area contributed by atoms with E-state index in [0.29, 0.717) is 34.8 Å².